The molecule has 2 aromatic carbocycles. The molecule has 0 spiro atoms. The van der Waals surface area contributed by atoms with Crippen LogP contribution in [0.15, 0.2) is 36.4 Å². The minimum atomic E-state index is -0.603. The predicted molar refractivity (Wildman–Crippen MR) is 105 cm³/mol. The number of nitrogens with two attached hydrogens (primary N) is 1. The van der Waals surface area contributed by atoms with E-state index in [-0.39, 0.29) is 11.4 Å². The minimum absolute atomic E-state index is 0.160. The van der Waals surface area contributed by atoms with E-state index in [2.05, 4.69) is 15.2 Å². The van der Waals surface area contributed by atoms with Gasteiger partial charge in [0.1, 0.15) is 5.82 Å². The van der Waals surface area contributed by atoms with E-state index in [0.29, 0.717) is 35.3 Å². The van der Waals surface area contributed by atoms with Gasteiger partial charge in [0.2, 0.25) is 0 Å². The first-order chi connectivity index (χ1) is 14.0. The maximum Gasteiger partial charge on any atom is 0.311 e. The van der Waals surface area contributed by atoms with Crippen LogP contribution in [-0.2, 0) is 0 Å². The van der Waals surface area contributed by atoms with Crippen molar-refractivity contribution in [1.82, 2.24) is 15.2 Å². The molecular formula is C19H21N5O5. The van der Waals surface area contributed by atoms with Gasteiger partial charge >= 0.3 is 5.69 Å². The number of H-pyrrole nitrogens is 1. The highest BCUT2D eigenvalue weighted by molar-refractivity contribution is 5.63. The van der Waals surface area contributed by atoms with Gasteiger partial charge < -0.3 is 19.9 Å². The molecule has 0 saturated heterocycles. The number of aromatic nitrogens is 3. The molecule has 1 heterocycles. The van der Waals surface area contributed by atoms with Gasteiger partial charge in [0, 0.05) is 11.6 Å². The first-order valence-corrected chi connectivity index (χ1v) is 8.79. The second kappa shape index (κ2) is 8.57. The molecule has 1 aromatic heterocycles. The Labute approximate surface area is 166 Å². The van der Waals surface area contributed by atoms with Gasteiger partial charge in [0.15, 0.2) is 23.1 Å². The van der Waals surface area contributed by atoms with E-state index in [9.17, 15) is 10.1 Å². The van der Waals surface area contributed by atoms with E-state index in [1.165, 1.54) is 19.2 Å². The number of methoxy groups -OCH3 is 2. The van der Waals surface area contributed by atoms with Crippen molar-refractivity contribution in [2.45, 2.75) is 13.0 Å². The van der Waals surface area contributed by atoms with Gasteiger partial charge in [-0.15, -0.1) is 0 Å². The maximum absolute atomic E-state index is 11.2. The van der Waals surface area contributed by atoms with Gasteiger partial charge in [-0.3, -0.25) is 15.2 Å². The summed E-state index contributed by atoms with van der Waals surface area (Å²) in [6.07, 6.45) is 0. The highest BCUT2D eigenvalue weighted by Gasteiger charge is 2.20. The predicted octanol–water partition coefficient (Wildman–Crippen LogP) is 2.84. The van der Waals surface area contributed by atoms with Gasteiger partial charge in [0.05, 0.1) is 31.8 Å². The van der Waals surface area contributed by atoms with Gasteiger partial charge in [0.25, 0.3) is 0 Å². The van der Waals surface area contributed by atoms with E-state index in [4.69, 9.17) is 19.9 Å². The van der Waals surface area contributed by atoms with Crippen molar-refractivity contribution in [1.29, 1.82) is 0 Å². The van der Waals surface area contributed by atoms with Crippen LogP contribution in [0.25, 0.3) is 11.4 Å². The lowest BCUT2D eigenvalue weighted by Crippen LogP contribution is -2.14. The molecule has 3 aromatic rings. The van der Waals surface area contributed by atoms with Crippen molar-refractivity contribution >= 4 is 5.69 Å². The summed E-state index contributed by atoms with van der Waals surface area (Å²) < 4.78 is 15.9. The molecule has 3 rings (SSSR count). The maximum atomic E-state index is 11.2. The van der Waals surface area contributed by atoms with Crippen LogP contribution in [0.5, 0.6) is 17.2 Å². The van der Waals surface area contributed by atoms with E-state index < -0.39 is 11.0 Å². The molecule has 0 fully saturated rings. The number of nitro groups is 1. The van der Waals surface area contributed by atoms with Crippen LogP contribution in [0.3, 0.4) is 0 Å². The first-order valence-electron chi connectivity index (χ1n) is 8.79. The van der Waals surface area contributed by atoms with E-state index >= 15 is 0 Å². The zero-order valence-electron chi connectivity index (χ0n) is 16.2. The number of nitro benzene ring substituents is 1. The molecule has 0 radical (unpaired) electrons. The van der Waals surface area contributed by atoms with E-state index in [1.54, 1.807) is 25.3 Å². The minimum Gasteiger partial charge on any atom is -0.493 e. The fraction of sp³-hybridized carbons (Fsp3) is 0.263. The lowest BCUT2D eigenvalue weighted by molar-refractivity contribution is -0.385. The van der Waals surface area contributed by atoms with Gasteiger partial charge in [-0.2, -0.15) is 5.10 Å². The SMILES string of the molecule is CCOc1ccc(C(N)c2nc(-c3ccc(OC)c([N+](=O)[O-])c3)n[nH]2)cc1OC. The summed E-state index contributed by atoms with van der Waals surface area (Å²) in [6.45, 7) is 2.40. The second-order valence-electron chi connectivity index (χ2n) is 6.01. The fourth-order valence-electron chi connectivity index (χ4n) is 2.82. The molecule has 1 atom stereocenters. The highest BCUT2D eigenvalue weighted by Crippen LogP contribution is 2.33. The zero-order valence-corrected chi connectivity index (χ0v) is 16.2. The molecule has 0 bridgehead atoms. The van der Waals surface area contributed by atoms with Crippen LogP contribution in [0, 0.1) is 10.1 Å². The summed E-state index contributed by atoms with van der Waals surface area (Å²) in [5.74, 6) is 2.04. The Morgan fingerprint density at radius 3 is 2.52 bits per heavy atom. The Kier molecular flexibility index (Phi) is 5.93. The average Bonchev–Trinajstić information content (AvgIpc) is 3.23. The summed E-state index contributed by atoms with van der Waals surface area (Å²) in [5.41, 5.74) is 7.36. The van der Waals surface area contributed by atoms with E-state index in [1.807, 2.05) is 13.0 Å². The average molecular weight is 399 g/mol. The smallest absolute Gasteiger partial charge is 0.311 e. The number of hydrogen-bond acceptors (Lipinski definition) is 8. The van der Waals surface area contributed by atoms with Crippen molar-refractivity contribution in [2.75, 3.05) is 20.8 Å². The van der Waals surface area contributed by atoms with Gasteiger partial charge in [-0.1, -0.05) is 6.07 Å². The van der Waals surface area contributed by atoms with Crippen LogP contribution in [-0.4, -0.2) is 40.9 Å². The Balaban J connectivity index is 1.90. The third-order valence-corrected chi connectivity index (χ3v) is 4.28. The van der Waals surface area contributed by atoms with Crippen LogP contribution in [0.4, 0.5) is 5.69 Å². The van der Waals surface area contributed by atoms with Gasteiger partial charge in [-0.05, 0) is 36.8 Å². The largest absolute Gasteiger partial charge is 0.493 e. The van der Waals surface area contributed by atoms with Crippen molar-refractivity contribution in [3.8, 4) is 28.6 Å². The van der Waals surface area contributed by atoms with Crippen molar-refractivity contribution in [3.05, 3.63) is 57.9 Å². The van der Waals surface area contributed by atoms with Gasteiger partial charge in [-0.25, -0.2) is 4.98 Å². The molecular weight excluding hydrogens is 378 g/mol. The van der Waals surface area contributed by atoms with Crippen molar-refractivity contribution in [3.63, 3.8) is 0 Å². The number of rotatable bonds is 8. The summed E-state index contributed by atoms with van der Waals surface area (Å²) in [7, 11) is 2.92. The Morgan fingerprint density at radius 2 is 1.86 bits per heavy atom. The topological polar surface area (TPSA) is 138 Å². The molecule has 1 unspecified atom stereocenters. The molecule has 10 heteroatoms. The third kappa shape index (κ3) is 4.11. The number of ether oxygens (including phenoxy) is 3. The highest BCUT2D eigenvalue weighted by atomic mass is 16.6. The Hall–Kier alpha value is -3.66. The molecule has 0 aliphatic rings. The zero-order chi connectivity index (χ0) is 21.0. The molecule has 3 N–H and O–H groups in total. The molecule has 10 nitrogen and oxygen atoms in total. The fourth-order valence-corrected chi connectivity index (χ4v) is 2.82. The van der Waals surface area contributed by atoms with E-state index in [0.717, 1.165) is 5.56 Å². The number of nitrogens with zero attached hydrogens (tertiary/aromatic N) is 3. The molecule has 0 aliphatic carbocycles. The van der Waals surface area contributed by atoms with Crippen molar-refractivity contribution < 1.29 is 19.1 Å². The van der Waals surface area contributed by atoms with Crippen LogP contribution in [0.2, 0.25) is 0 Å². The van der Waals surface area contributed by atoms with Crippen molar-refractivity contribution in [2.24, 2.45) is 5.73 Å². The second-order valence-corrected chi connectivity index (χ2v) is 6.01. The summed E-state index contributed by atoms with van der Waals surface area (Å²) >= 11 is 0. The summed E-state index contributed by atoms with van der Waals surface area (Å²) in [5, 5.41) is 18.2. The number of hydrogen-bond donors (Lipinski definition) is 2. The third-order valence-electron chi connectivity index (χ3n) is 4.28. The summed E-state index contributed by atoms with van der Waals surface area (Å²) in [6, 6.07) is 9.27. The Bertz CT molecular complexity index is 1020. The molecule has 152 valence electrons. The Morgan fingerprint density at radius 1 is 1.14 bits per heavy atom. The normalized spacial score (nSPS) is 11.7. The standard InChI is InChI=1S/C19H21N5O5/c1-4-29-15-8-5-11(10-16(15)28-3)17(20)19-21-18(22-23-19)12-6-7-14(27-2)13(9-12)24(25)26/h5-10,17H,4,20H2,1-3H3,(H,21,22,23). The molecule has 0 aliphatic heterocycles. The first kappa shape index (κ1) is 20.1. The summed E-state index contributed by atoms with van der Waals surface area (Å²) in [4.78, 5) is 15.1. The number of nitrogens with one attached hydrogen (secondary N) is 1. The monoisotopic (exact) mass is 399 g/mol. The lowest BCUT2D eigenvalue weighted by atomic mass is 10.1. The van der Waals surface area contributed by atoms with Crippen LogP contribution in [0.1, 0.15) is 24.4 Å². The lowest BCUT2D eigenvalue weighted by Gasteiger charge is -2.13. The molecule has 0 amide bonds. The number of benzene rings is 2. The van der Waals surface area contributed by atoms with Crippen LogP contribution >= 0.6 is 0 Å². The quantitative estimate of drug-likeness (QED) is 0.435. The van der Waals surface area contributed by atoms with Crippen LogP contribution < -0.4 is 19.9 Å². The number of aromatic amines is 1. The molecule has 0 saturated carbocycles. The molecule has 29 heavy (non-hydrogen) atoms.